The first-order chi connectivity index (χ1) is 9.41. The highest BCUT2D eigenvalue weighted by Gasteiger charge is 2.30. The van der Waals surface area contributed by atoms with Crippen molar-refractivity contribution in [2.24, 2.45) is 0 Å². The van der Waals surface area contributed by atoms with Crippen molar-refractivity contribution in [3.63, 3.8) is 0 Å². The maximum Gasteiger partial charge on any atom is 0.416 e. The lowest BCUT2D eigenvalue weighted by Crippen LogP contribution is -2.04. The third-order valence-corrected chi connectivity index (χ3v) is 3.10. The Kier molecular flexibility index (Phi) is 4.12. The van der Waals surface area contributed by atoms with Gasteiger partial charge in [0.1, 0.15) is 5.82 Å². The molecular formula is C16H14F4. The summed E-state index contributed by atoms with van der Waals surface area (Å²) in [6.45, 7) is 2.00. The van der Waals surface area contributed by atoms with Gasteiger partial charge in [-0.05, 0) is 35.7 Å². The largest absolute Gasteiger partial charge is 0.416 e. The van der Waals surface area contributed by atoms with Crippen LogP contribution in [0, 0.1) is 5.82 Å². The predicted octanol–water partition coefficient (Wildman–Crippen LogP) is 5.46. The Morgan fingerprint density at radius 3 is 2.10 bits per heavy atom. The number of halogens is 4. The number of rotatable bonds is 3. The molecule has 0 nitrogen and oxygen atoms in total. The molecule has 4 heteroatoms. The van der Waals surface area contributed by atoms with Crippen molar-refractivity contribution < 1.29 is 17.6 Å². The van der Waals surface area contributed by atoms with Crippen molar-refractivity contribution in [1.29, 1.82) is 0 Å². The molecule has 2 aromatic rings. The van der Waals surface area contributed by atoms with Gasteiger partial charge >= 0.3 is 6.18 Å². The second kappa shape index (κ2) is 5.65. The molecule has 106 valence electrons. The monoisotopic (exact) mass is 282 g/mol. The fourth-order valence-electron chi connectivity index (χ4n) is 2.08. The van der Waals surface area contributed by atoms with E-state index in [2.05, 4.69) is 0 Å². The van der Waals surface area contributed by atoms with E-state index in [1.807, 2.05) is 6.92 Å². The fourth-order valence-corrected chi connectivity index (χ4v) is 2.08. The molecule has 0 unspecified atom stereocenters. The molecule has 0 bridgehead atoms. The average molecular weight is 282 g/mol. The van der Waals surface area contributed by atoms with Gasteiger partial charge in [0.15, 0.2) is 0 Å². The van der Waals surface area contributed by atoms with E-state index in [1.54, 1.807) is 12.1 Å². The summed E-state index contributed by atoms with van der Waals surface area (Å²) < 4.78 is 51.4. The lowest BCUT2D eigenvalue weighted by molar-refractivity contribution is -0.137. The average Bonchev–Trinajstić information content (AvgIpc) is 2.38. The molecule has 0 atom stereocenters. The van der Waals surface area contributed by atoms with Crippen molar-refractivity contribution >= 4 is 0 Å². The SMILES string of the molecule is CCCc1ccc(-c2ccc(C(F)(F)F)cc2)c(F)c1. The topological polar surface area (TPSA) is 0 Å². The first kappa shape index (κ1) is 14.6. The molecule has 0 aliphatic heterocycles. The zero-order valence-electron chi connectivity index (χ0n) is 11.0. The van der Waals surface area contributed by atoms with Gasteiger partial charge in [-0.3, -0.25) is 0 Å². The molecule has 0 aromatic heterocycles. The smallest absolute Gasteiger partial charge is 0.206 e. The van der Waals surface area contributed by atoms with Gasteiger partial charge in [0.2, 0.25) is 0 Å². The van der Waals surface area contributed by atoms with Crippen LogP contribution in [0.25, 0.3) is 11.1 Å². The highest BCUT2D eigenvalue weighted by molar-refractivity contribution is 5.64. The van der Waals surface area contributed by atoms with Gasteiger partial charge in [-0.25, -0.2) is 4.39 Å². The van der Waals surface area contributed by atoms with Gasteiger partial charge in [-0.2, -0.15) is 13.2 Å². The molecule has 0 N–H and O–H groups in total. The van der Waals surface area contributed by atoms with Gasteiger partial charge in [0.25, 0.3) is 0 Å². The summed E-state index contributed by atoms with van der Waals surface area (Å²) >= 11 is 0. The molecule has 0 radical (unpaired) electrons. The highest BCUT2D eigenvalue weighted by atomic mass is 19.4. The molecular weight excluding hydrogens is 268 g/mol. The van der Waals surface area contributed by atoms with E-state index >= 15 is 0 Å². The number of benzene rings is 2. The zero-order chi connectivity index (χ0) is 14.8. The molecule has 20 heavy (non-hydrogen) atoms. The van der Waals surface area contributed by atoms with Gasteiger partial charge in [-0.1, -0.05) is 37.6 Å². The summed E-state index contributed by atoms with van der Waals surface area (Å²) in [5, 5.41) is 0. The van der Waals surface area contributed by atoms with Gasteiger partial charge < -0.3 is 0 Å². The third kappa shape index (κ3) is 3.18. The lowest BCUT2D eigenvalue weighted by atomic mass is 10.0. The Hall–Kier alpha value is -1.84. The van der Waals surface area contributed by atoms with Crippen LogP contribution < -0.4 is 0 Å². The summed E-state index contributed by atoms with van der Waals surface area (Å²) in [6, 6.07) is 9.38. The number of hydrogen-bond donors (Lipinski definition) is 0. The number of hydrogen-bond acceptors (Lipinski definition) is 0. The molecule has 0 aliphatic rings. The Balaban J connectivity index is 2.32. The molecule has 0 spiro atoms. The quantitative estimate of drug-likeness (QED) is 0.655. The van der Waals surface area contributed by atoms with E-state index < -0.39 is 17.6 Å². The second-order valence-corrected chi connectivity index (χ2v) is 4.64. The maximum absolute atomic E-state index is 14.0. The number of alkyl halides is 3. The molecule has 0 heterocycles. The summed E-state index contributed by atoms with van der Waals surface area (Å²) in [7, 11) is 0. The van der Waals surface area contributed by atoms with E-state index in [1.165, 1.54) is 18.2 Å². The van der Waals surface area contributed by atoms with Crippen LogP contribution in [0.5, 0.6) is 0 Å². The summed E-state index contributed by atoms with van der Waals surface area (Å²) in [4.78, 5) is 0. The van der Waals surface area contributed by atoms with E-state index in [9.17, 15) is 17.6 Å². The molecule has 0 aliphatic carbocycles. The van der Waals surface area contributed by atoms with Crippen LogP contribution in [0.15, 0.2) is 42.5 Å². The van der Waals surface area contributed by atoms with Crippen LogP contribution in [0.1, 0.15) is 24.5 Å². The van der Waals surface area contributed by atoms with E-state index in [4.69, 9.17) is 0 Å². The minimum absolute atomic E-state index is 0.318. The first-order valence-electron chi connectivity index (χ1n) is 6.38. The Morgan fingerprint density at radius 1 is 0.950 bits per heavy atom. The van der Waals surface area contributed by atoms with Crippen LogP contribution in [0.4, 0.5) is 17.6 Å². The van der Waals surface area contributed by atoms with Crippen LogP contribution >= 0.6 is 0 Å². The predicted molar refractivity (Wildman–Crippen MR) is 70.8 cm³/mol. The summed E-state index contributed by atoms with van der Waals surface area (Å²) in [5.74, 6) is -0.407. The minimum Gasteiger partial charge on any atom is -0.206 e. The van der Waals surface area contributed by atoms with Crippen LogP contribution in [0.2, 0.25) is 0 Å². The molecule has 0 amide bonds. The van der Waals surface area contributed by atoms with Crippen molar-refractivity contribution in [2.45, 2.75) is 25.9 Å². The molecule has 2 rings (SSSR count). The fraction of sp³-hybridized carbons (Fsp3) is 0.250. The third-order valence-electron chi connectivity index (χ3n) is 3.10. The Bertz CT molecular complexity index is 582. The van der Waals surface area contributed by atoms with Crippen molar-refractivity contribution in [3.05, 3.63) is 59.4 Å². The first-order valence-corrected chi connectivity index (χ1v) is 6.38. The van der Waals surface area contributed by atoms with Crippen LogP contribution in [0.3, 0.4) is 0 Å². The van der Waals surface area contributed by atoms with Crippen LogP contribution in [-0.2, 0) is 12.6 Å². The molecule has 0 saturated heterocycles. The summed E-state index contributed by atoms with van der Waals surface area (Å²) in [6.07, 6.45) is -2.68. The zero-order valence-corrected chi connectivity index (χ0v) is 11.0. The van der Waals surface area contributed by atoms with Gasteiger partial charge in [0.05, 0.1) is 5.56 Å². The van der Waals surface area contributed by atoms with Gasteiger partial charge in [-0.15, -0.1) is 0 Å². The molecule has 2 aromatic carbocycles. The van der Waals surface area contributed by atoms with E-state index in [0.717, 1.165) is 30.5 Å². The lowest BCUT2D eigenvalue weighted by Gasteiger charge is -2.09. The Labute approximate surface area is 115 Å². The highest BCUT2D eigenvalue weighted by Crippen LogP contribution is 2.31. The molecule has 0 fully saturated rings. The van der Waals surface area contributed by atoms with Crippen LogP contribution in [-0.4, -0.2) is 0 Å². The van der Waals surface area contributed by atoms with Crippen molar-refractivity contribution in [2.75, 3.05) is 0 Å². The van der Waals surface area contributed by atoms with Crippen molar-refractivity contribution in [1.82, 2.24) is 0 Å². The maximum atomic E-state index is 14.0. The standard InChI is InChI=1S/C16H14F4/c1-2-3-11-4-9-14(15(17)10-11)12-5-7-13(8-6-12)16(18,19)20/h4-10H,2-3H2,1H3. The van der Waals surface area contributed by atoms with E-state index in [-0.39, 0.29) is 0 Å². The van der Waals surface area contributed by atoms with Crippen molar-refractivity contribution in [3.8, 4) is 11.1 Å². The van der Waals surface area contributed by atoms with Gasteiger partial charge in [0, 0.05) is 5.56 Å². The second-order valence-electron chi connectivity index (χ2n) is 4.64. The normalized spacial score (nSPS) is 11.7. The number of aryl methyl sites for hydroxylation is 1. The van der Waals surface area contributed by atoms with E-state index in [0.29, 0.717) is 11.1 Å². The Morgan fingerprint density at radius 2 is 1.60 bits per heavy atom. The molecule has 0 saturated carbocycles. The minimum atomic E-state index is -4.37. The summed E-state index contributed by atoms with van der Waals surface area (Å²) in [5.41, 5.74) is 0.919.